The van der Waals surface area contributed by atoms with E-state index < -0.39 is 18.9 Å². The van der Waals surface area contributed by atoms with Gasteiger partial charge in [-0.1, -0.05) is 24.3 Å². The van der Waals surface area contributed by atoms with Crippen molar-refractivity contribution >= 4 is 0 Å². The zero-order valence-corrected chi connectivity index (χ0v) is 10.5. The molecule has 0 aromatic heterocycles. The van der Waals surface area contributed by atoms with E-state index in [0.29, 0.717) is 12.8 Å². The van der Waals surface area contributed by atoms with Crippen LogP contribution in [0, 0.1) is 5.92 Å². The molecule has 2 nitrogen and oxygen atoms in total. The first-order valence-corrected chi connectivity index (χ1v) is 6.38. The van der Waals surface area contributed by atoms with Gasteiger partial charge in [-0.2, -0.15) is 13.2 Å². The van der Waals surface area contributed by atoms with Crippen LogP contribution in [-0.4, -0.2) is 24.5 Å². The van der Waals surface area contributed by atoms with Crippen molar-refractivity contribution in [2.75, 3.05) is 13.2 Å². The van der Waals surface area contributed by atoms with Crippen molar-refractivity contribution in [3.63, 3.8) is 0 Å². The van der Waals surface area contributed by atoms with Crippen LogP contribution in [-0.2, 0) is 11.2 Å². The Balaban J connectivity index is 1.72. The summed E-state index contributed by atoms with van der Waals surface area (Å²) in [5.74, 6) is 0.0897. The second-order valence-corrected chi connectivity index (χ2v) is 4.92. The zero-order chi connectivity index (χ0) is 13.9. The maximum Gasteiger partial charge on any atom is 0.411 e. The Hall–Kier alpha value is -1.07. The average molecular weight is 274 g/mol. The third-order valence-electron chi connectivity index (χ3n) is 3.43. The molecule has 0 amide bonds. The van der Waals surface area contributed by atoms with E-state index >= 15 is 0 Å². The third-order valence-corrected chi connectivity index (χ3v) is 3.43. The van der Waals surface area contributed by atoms with Crippen LogP contribution in [0.2, 0.25) is 0 Å². The van der Waals surface area contributed by atoms with Crippen LogP contribution in [0.25, 0.3) is 0 Å². The van der Waals surface area contributed by atoms with Crippen molar-refractivity contribution in [1.29, 1.82) is 0 Å². The molecule has 106 valence electrons. The van der Waals surface area contributed by atoms with Crippen molar-refractivity contribution in [2.24, 2.45) is 5.92 Å². The maximum absolute atomic E-state index is 11.9. The lowest BCUT2D eigenvalue weighted by atomic mass is 9.98. The van der Waals surface area contributed by atoms with E-state index in [1.54, 1.807) is 0 Å². The molecule has 1 aromatic rings. The molecule has 0 fully saturated rings. The molecule has 0 aliphatic heterocycles. The van der Waals surface area contributed by atoms with Gasteiger partial charge in [-0.3, -0.25) is 0 Å². The van der Waals surface area contributed by atoms with E-state index in [2.05, 4.69) is 4.74 Å². The molecule has 2 rings (SSSR count). The van der Waals surface area contributed by atoms with E-state index in [-0.39, 0.29) is 12.5 Å². The van der Waals surface area contributed by atoms with Crippen LogP contribution in [0.1, 0.15) is 30.1 Å². The number of hydrogen-bond donors (Lipinski definition) is 1. The SMILES string of the molecule is OC1c2ccccc2CC1CCCOCC(F)(F)F. The van der Waals surface area contributed by atoms with Crippen molar-refractivity contribution < 1.29 is 23.0 Å². The van der Waals surface area contributed by atoms with E-state index in [9.17, 15) is 18.3 Å². The summed E-state index contributed by atoms with van der Waals surface area (Å²) >= 11 is 0. The van der Waals surface area contributed by atoms with Gasteiger partial charge >= 0.3 is 6.18 Å². The quantitative estimate of drug-likeness (QED) is 0.835. The molecular formula is C14H17F3O2. The molecule has 0 radical (unpaired) electrons. The van der Waals surface area contributed by atoms with Gasteiger partial charge in [0, 0.05) is 6.61 Å². The Morgan fingerprint density at radius 2 is 2.00 bits per heavy atom. The second kappa shape index (κ2) is 5.92. The smallest absolute Gasteiger partial charge is 0.388 e. The normalized spacial score (nSPS) is 22.5. The molecule has 1 aliphatic carbocycles. The Labute approximate surface area is 110 Å². The number of rotatable bonds is 5. The largest absolute Gasteiger partial charge is 0.411 e. The third kappa shape index (κ3) is 3.94. The number of fused-ring (bicyclic) bond motifs is 1. The van der Waals surface area contributed by atoms with E-state index in [4.69, 9.17) is 0 Å². The molecule has 0 spiro atoms. The van der Waals surface area contributed by atoms with Gasteiger partial charge in [0.2, 0.25) is 0 Å². The summed E-state index contributed by atoms with van der Waals surface area (Å²) in [6.07, 6.45) is -2.77. The fourth-order valence-corrected chi connectivity index (χ4v) is 2.55. The molecule has 0 saturated carbocycles. The minimum atomic E-state index is -4.26. The fraction of sp³-hybridized carbons (Fsp3) is 0.571. The first-order valence-electron chi connectivity index (χ1n) is 6.38. The summed E-state index contributed by atoms with van der Waals surface area (Å²) in [6.45, 7) is -1.11. The van der Waals surface area contributed by atoms with Gasteiger partial charge in [0.05, 0.1) is 6.10 Å². The number of halogens is 3. The van der Waals surface area contributed by atoms with Crippen LogP contribution in [0.5, 0.6) is 0 Å². The van der Waals surface area contributed by atoms with Gasteiger partial charge in [0.15, 0.2) is 0 Å². The second-order valence-electron chi connectivity index (χ2n) is 4.92. The molecule has 1 aliphatic rings. The predicted molar refractivity (Wildman–Crippen MR) is 64.7 cm³/mol. The Bertz CT molecular complexity index is 417. The van der Waals surface area contributed by atoms with Gasteiger partial charge < -0.3 is 9.84 Å². The molecule has 19 heavy (non-hydrogen) atoms. The number of ether oxygens (including phenoxy) is 1. The summed E-state index contributed by atoms with van der Waals surface area (Å²) in [7, 11) is 0. The lowest BCUT2D eigenvalue weighted by Gasteiger charge is -2.15. The summed E-state index contributed by atoms with van der Waals surface area (Å²) < 4.78 is 40.1. The Morgan fingerprint density at radius 3 is 2.68 bits per heavy atom. The molecule has 0 bridgehead atoms. The summed E-state index contributed by atoms with van der Waals surface area (Å²) in [6, 6.07) is 7.70. The van der Waals surface area contributed by atoms with E-state index in [1.165, 1.54) is 0 Å². The molecule has 2 unspecified atom stereocenters. The molecule has 0 heterocycles. The van der Waals surface area contributed by atoms with Gasteiger partial charge in [0.1, 0.15) is 6.61 Å². The minimum Gasteiger partial charge on any atom is -0.388 e. The molecule has 0 saturated heterocycles. The van der Waals surface area contributed by atoms with Crippen molar-refractivity contribution in [3.8, 4) is 0 Å². The van der Waals surface area contributed by atoms with Gasteiger partial charge in [0.25, 0.3) is 0 Å². The molecule has 2 atom stereocenters. The number of benzene rings is 1. The van der Waals surface area contributed by atoms with Crippen LogP contribution in [0.15, 0.2) is 24.3 Å². The van der Waals surface area contributed by atoms with Crippen molar-refractivity contribution in [3.05, 3.63) is 35.4 Å². The van der Waals surface area contributed by atoms with E-state index in [1.807, 2.05) is 24.3 Å². The Morgan fingerprint density at radius 1 is 1.26 bits per heavy atom. The first-order chi connectivity index (χ1) is 8.97. The highest BCUT2D eigenvalue weighted by Crippen LogP contribution is 2.38. The summed E-state index contributed by atoms with van der Waals surface area (Å²) in [5, 5.41) is 10.1. The predicted octanol–water partition coefficient (Wildman–Crippen LogP) is 3.25. The molecule has 1 aromatic carbocycles. The highest BCUT2D eigenvalue weighted by molar-refractivity contribution is 5.34. The first kappa shape index (κ1) is 14.3. The average Bonchev–Trinajstić information content (AvgIpc) is 2.65. The number of hydrogen-bond acceptors (Lipinski definition) is 2. The van der Waals surface area contributed by atoms with Gasteiger partial charge in [-0.25, -0.2) is 0 Å². The summed E-state index contributed by atoms with van der Waals surface area (Å²) in [4.78, 5) is 0. The van der Waals surface area contributed by atoms with Crippen molar-refractivity contribution in [1.82, 2.24) is 0 Å². The van der Waals surface area contributed by atoms with Gasteiger partial charge in [-0.15, -0.1) is 0 Å². The molecule has 1 N–H and O–H groups in total. The summed E-state index contributed by atoms with van der Waals surface area (Å²) in [5.41, 5.74) is 2.08. The van der Waals surface area contributed by atoms with Crippen LogP contribution < -0.4 is 0 Å². The maximum atomic E-state index is 11.9. The monoisotopic (exact) mass is 274 g/mol. The zero-order valence-electron chi connectivity index (χ0n) is 10.5. The van der Waals surface area contributed by atoms with Gasteiger partial charge in [-0.05, 0) is 36.3 Å². The molecular weight excluding hydrogens is 257 g/mol. The topological polar surface area (TPSA) is 29.5 Å². The number of alkyl halides is 3. The van der Waals surface area contributed by atoms with E-state index in [0.717, 1.165) is 17.5 Å². The Kier molecular flexibility index (Phi) is 4.47. The standard InChI is InChI=1S/C14H17F3O2/c15-14(16,17)9-19-7-3-5-11-8-10-4-1-2-6-12(10)13(11)18/h1-2,4,6,11,13,18H,3,5,7-9H2. The van der Waals surface area contributed by atoms with Crippen LogP contribution in [0.3, 0.4) is 0 Å². The lowest BCUT2D eigenvalue weighted by molar-refractivity contribution is -0.174. The number of aliphatic hydroxyl groups is 1. The van der Waals surface area contributed by atoms with Crippen LogP contribution in [0.4, 0.5) is 13.2 Å². The highest BCUT2D eigenvalue weighted by Gasteiger charge is 2.30. The van der Waals surface area contributed by atoms with Crippen molar-refractivity contribution in [2.45, 2.75) is 31.5 Å². The number of aliphatic hydroxyl groups excluding tert-OH is 1. The minimum absolute atomic E-state index is 0.0824. The fourth-order valence-electron chi connectivity index (χ4n) is 2.55. The van der Waals surface area contributed by atoms with Crippen LogP contribution >= 0.6 is 0 Å². The highest BCUT2D eigenvalue weighted by atomic mass is 19.4. The lowest BCUT2D eigenvalue weighted by Crippen LogP contribution is -2.17. The molecule has 5 heteroatoms.